The molecule has 0 bridgehead atoms. The summed E-state index contributed by atoms with van der Waals surface area (Å²) in [5.74, 6) is 1.71. The Labute approximate surface area is 147 Å². The summed E-state index contributed by atoms with van der Waals surface area (Å²) in [5, 5.41) is 0. The highest BCUT2D eigenvalue weighted by Gasteiger charge is 2.49. The lowest BCUT2D eigenvalue weighted by Crippen LogP contribution is -2.58. The Balaban J connectivity index is 1.45. The minimum absolute atomic E-state index is 0.0276. The first kappa shape index (κ1) is 17.5. The van der Waals surface area contributed by atoms with Gasteiger partial charge in [0.15, 0.2) is 0 Å². The molecule has 0 radical (unpaired) electrons. The van der Waals surface area contributed by atoms with E-state index in [9.17, 15) is 4.79 Å². The van der Waals surface area contributed by atoms with E-state index in [1.807, 2.05) is 17.8 Å². The van der Waals surface area contributed by atoms with Gasteiger partial charge >= 0.3 is 0 Å². The lowest BCUT2D eigenvalue weighted by atomic mass is 9.92. The molecule has 6 nitrogen and oxygen atoms in total. The molecule has 24 heavy (non-hydrogen) atoms. The molecule has 0 N–H and O–H groups in total. The Bertz CT molecular complexity index is 590. The SMILES string of the molecule is COc1ncccc1CN1CC2(C[C@@H](OCC(=O)N(C)C)CS2)C1. The number of likely N-dealkylation sites (tertiary alicyclic amines) is 1. The standard InChI is InChI=1S/C17H25N3O3S/c1-19(2)15(21)9-23-14-7-17(24-10-14)11-20(12-17)8-13-5-4-6-18-16(13)22-3/h4-6,14H,7-12H2,1-3H3/t14-/m1/s1. The van der Waals surface area contributed by atoms with Gasteiger partial charge in [0.25, 0.3) is 0 Å². The van der Waals surface area contributed by atoms with Crippen LogP contribution in [-0.2, 0) is 16.1 Å². The van der Waals surface area contributed by atoms with Crippen molar-refractivity contribution in [2.45, 2.75) is 23.8 Å². The number of hydrogen-bond donors (Lipinski definition) is 0. The molecule has 0 unspecified atom stereocenters. The Morgan fingerprint density at radius 2 is 2.29 bits per heavy atom. The zero-order valence-corrected chi connectivity index (χ0v) is 15.3. The van der Waals surface area contributed by atoms with Crippen LogP contribution in [0.25, 0.3) is 0 Å². The van der Waals surface area contributed by atoms with E-state index in [2.05, 4.69) is 16.0 Å². The molecule has 0 aliphatic carbocycles. The van der Waals surface area contributed by atoms with Crippen LogP contribution in [0.15, 0.2) is 18.3 Å². The summed E-state index contributed by atoms with van der Waals surface area (Å²) in [7, 11) is 5.17. The summed E-state index contributed by atoms with van der Waals surface area (Å²) < 4.78 is 11.4. The molecule has 2 saturated heterocycles. The number of thioether (sulfide) groups is 1. The number of pyridine rings is 1. The Morgan fingerprint density at radius 1 is 1.50 bits per heavy atom. The van der Waals surface area contributed by atoms with Crippen molar-refractivity contribution in [3.63, 3.8) is 0 Å². The van der Waals surface area contributed by atoms with Crippen LogP contribution in [0.3, 0.4) is 0 Å². The van der Waals surface area contributed by atoms with Gasteiger partial charge in [-0.2, -0.15) is 0 Å². The average molecular weight is 351 g/mol. The van der Waals surface area contributed by atoms with Crippen LogP contribution < -0.4 is 4.74 Å². The monoisotopic (exact) mass is 351 g/mol. The summed E-state index contributed by atoms with van der Waals surface area (Å²) in [4.78, 5) is 19.9. The van der Waals surface area contributed by atoms with Crippen LogP contribution in [-0.4, -0.2) is 78.2 Å². The number of aromatic nitrogens is 1. The first-order valence-electron chi connectivity index (χ1n) is 8.17. The third-order valence-electron chi connectivity index (χ3n) is 4.58. The van der Waals surface area contributed by atoms with Gasteiger partial charge in [0.2, 0.25) is 11.8 Å². The molecule has 0 aromatic carbocycles. The lowest BCUT2D eigenvalue weighted by molar-refractivity contribution is -0.135. The van der Waals surface area contributed by atoms with Crippen molar-refractivity contribution in [2.75, 3.05) is 46.7 Å². The fourth-order valence-electron chi connectivity index (χ4n) is 3.30. The third-order valence-corrected chi connectivity index (χ3v) is 6.15. The van der Waals surface area contributed by atoms with Crippen LogP contribution >= 0.6 is 11.8 Å². The predicted octanol–water partition coefficient (Wildman–Crippen LogP) is 1.25. The molecule has 132 valence electrons. The summed E-state index contributed by atoms with van der Waals surface area (Å²) in [5.41, 5.74) is 1.13. The van der Waals surface area contributed by atoms with Gasteiger partial charge in [0.05, 0.1) is 13.2 Å². The Kier molecular flexibility index (Phi) is 5.32. The van der Waals surface area contributed by atoms with Gasteiger partial charge in [-0.3, -0.25) is 9.69 Å². The van der Waals surface area contributed by atoms with Crippen molar-refractivity contribution in [3.8, 4) is 5.88 Å². The van der Waals surface area contributed by atoms with Gasteiger partial charge in [-0.05, 0) is 12.5 Å². The van der Waals surface area contributed by atoms with Crippen LogP contribution in [0.1, 0.15) is 12.0 Å². The minimum Gasteiger partial charge on any atom is -0.481 e. The molecule has 2 aliphatic rings. The molecule has 0 saturated carbocycles. The molecule has 1 amide bonds. The van der Waals surface area contributed by atoms with Gasteiger partial charge in [-0.15, -0.1) is 11.8 Å². The molecule has 1 atom stereocenters. The zero-order chi connectivity index (χ0) is 17.2. The van der Waals surface area contributed by atoms with E-state index in [4.69, 9.17) is 9.47 Å². The van der Waals surface area contributed by atoms with Crippen molar-refractivity contribution >= 4 is 17.7 Å². The Hall–Kier alpha value is -1.31. The van der Waals surface area contributed by atoms with Crippen molar-refractivity contribution < 1.29 is 14.3 Å². The highest BCUT2D eigenvalue weighted by molar-refractivity contribution is 8.01. The maximum Gasteiger partial charge on any atom is 0.248 e. The Morgan fingerprint density at radius 3 is 3.00 bits per heavy atom. The minimum atomic E-state index is 0.0276. The summed E-state index contributed by atoms with van der Waals surface area (Å²) in [6.45, 7) is 3.16. The molecule has 3 heterocycles. The highest BCUT2D eigenvalue weighted by Crippen LogP contribution is 2.46. The van der Waals surface area contributed by atoms with Gasteiger partial charge in [-0.1, -0.05) is 6.07 Å². The number of hydrogen-bond acceptors (Lipinski definition) is 6. The topological polar surface area (TPSA) is 54.9 Å². The molecule has 3 rings (SSSR count). The number of nitrogens with zero attached hydrogens (tertiary/aromatic N) is 3. The van der Waals surface area contributed by atoms with E-state index >= 15 is 0 Å². The fourth-order valence-corrected chi connectivity index (χ4v) is 4.90. The van der Waals surface area contributed by atoms with Crippen LogP contribution in [0.2, 0.25) is 0 Å². The number of carbonyl (C=O) groups is 1. The first-order chi connectivity index (χ1) is 11.5. The lowest BCUT2D eigenvalue weighted by Gasteiger charge is -2.47. The third kappa shape index (κ3) is 3.84. The second-order valence-electron chi connectivity index (χ2n) is 6.74. The van der Waals surface area contributed by atoms with Crippen LogP contribution in [0.5, 0.6) is 5.88 Å². The van der Waals surface area contributed by atoms with E-state index in [0.717, 1.165) is 37.4 Å². The van der Waals surface area contributed by atoms with E-state index in [1.165, 1.54) is 0 Å². The smallest absolute Gasteiger partial charge is 0.248 e. The summed E-state index contributed by atoms with van der Waals surface area (Å²) in [6, 6.07) is 4.01. The molecule has 1 spiro atoms. The fraction of sp³-hybridized carbons (Fsp3) is 0.647. The number of amides is 1. The number of likely N-dealkylation sites (N-methyl/N-ethyl adjacent to an activating group) is 1. The largest absolute Gasteiger partial charge is 0.481 e. The molecule has 2 fully saturated rings. The summed E-state index contributed by atoms with van der Waals surface area (Å²) in [6.07, 6.45) is 2.97. The maximum absolute atomic E-state index is 11.6. The van der Waals surface area contributed by atoms with Crippen molar-refractivity contribution in [1.29, 1.82) is 0 Å². The maximum atomic E-state index is 11.6. The second kappa shape index (κ2) is 7.29. The quantitative estimate of drug-likeness (QED) is 0.769. The number of rotatable bonds is 6. The molecule has 1 aromatic rings. The van der Waals surface area contributed by atoms with E-state index in [-0.39, 0.29) is 18.6 Å². The highest BCUT2D eigenvalue weighted by atomic mass is 32.2. The van der Waals surface area contributed by atoms with E-state index in [0.29, 0.717) is 10.6 Å². The van der Waals surface area contributed by atoms with Crippen molar-refractivity contribution in [3.05, 3.63) is 23.9 Å². The molecular weight excluding hydrogens is 326 g/mol. The normalized spacial score (nSPS) is 22.4. The molecule has 1 aromatic heterocycles. The first-order valence-corrected chi connectivity index (χ1v) is 9.16. The molecule has 2 aliphatic heterocycles. The number of carbonyl (C=O) groups excluding carboxylic acids is 1. The molecule has 7 heteroatoms. The number of methoxy groups -OCH3 is 1. The summed E-state index contributed by atoms with van der Waals surface area (Å²) >= 11 is 1.99. The molecular formula is C17H25N3O3S. The van der Waals surface area contributed by atoms with Gasteiger partial charge in [0, 0.05) is 56.0 Å². The second-order valence-corrected chi connectivity index (χ2v) is 8.22. The van der Waals surface area contributed by atoms with Gasteiger partial charge in [-0.25, -0.2) is 4.98 Å². The zero-order valence-electron chi connectivity index (χ0n) is 14.5. The van der Waals surface area contributed by atoms with Crippen LogP contribution in [0, 0.1) is 0 Å². The van der Waals surface area contributed by atoms with E-state index < -0.39 is 0 Å². The number of ether oxygens (including phenoxy) is 2. The van der Waals surface area contributed by atoms with Crippen LogP contribution in [0.4, 0.5) is 0 Å². The average Bonchev–Trinajstić information content (AvgIpc) is 2.97. The predicted molar refractivity (Wildman–Crippen MR) is 94.3 cm³/mol. The van der Waals surface area contributed by atoms with E-state index in [1.54, 1.807) is 32.3 Å². The van der Waals surface area contributed by atoms with Gasteiger partial charge < -0.3 is 14.4 Å². The van der Waals surface area contributed by atoms with Crippen molar-refractivity contribution in [2.24, 2.45) is 0 Å². The van der Waals surface area contributed by atoms with Gasteiger partial charge in [0.1, 0.15) is 6.61 Å². The van der Waals surface area contributed by atoms with Crippen molar-refractivity contribution in [1.82, 2.24) is 14.8 Å².